The van der Waals surface area contributed by atoms with Crippen LogP contribution < -0.4 is 5.32 Å². The number of phenols is 1. The highest BCUT2D eigenvalue weighted by Gasteiger charge is 2.27. The predicted octanol–water partition coefficient (Wildman–Crippen LogP) is 2.13. The third-order valence-corrected chi connectivity index (χ3v) is 4.33. The van der Waals surface area contributed by atoms with E-state index < -0.39 is 0 Å². The molecule has 2 unspecified atom stereocenters. The molecule has 1 aliphatic carbocycles. The molecule has 3 N–H and O–H groups in total. The molecular weight excluding hydrogens is 280 g/mol. The van der Waals surface area contributed by atoms with E-state index in [0.717, 1.165) is 37.7 Å². The number of benzene rings is 1. The van der Waals surface area contributed by atoms with Gasteiger partial charge in [-0.1, -0.05) is 18.6 Å². The second kappa shape index (κ2) is 8.03. The van der Waals surface area contributed by atoms with Crippen molar-refractivity contribution in [2.45, 2.75) is 38.2 Å². The van der Waals surface area contributed by atoms with Crippen molar-refractivity contribution in [1.82, 2.24) is 10.2 Å². The van der Waals surface area contributed by atoms with Crippen molar-refractivity contribution in [3.8, 4) is 5.75 Å². The number of hydrogen-bond donors (Lipinski definition) is 3. The molecule has 2 amide bonds. The van der Waals surface area contributed by atoms with Crippen molar-refractivity contribution in [3.63, 3.8) is 0 Å². The molecule has 1 fully saturated rings. The molecule has 22 heavy (non-hydrogen) atoms. The number of rotatable bonds is 6. The lowest BCUT2D eigenvalue weighted by Gasteiger charge is -2.23. The van der Waals surface area contributed by atoms with Crippen molar-refractivity contribution in [2.75, 3.05) is 20.1 Å². The Morgan fingerprint density at radius 2 is 2.05 bits per heavy atom. The lowest BCUT2D eigenvalue weighted by atomic mass is 10.1. The first kappa shape index (κ1) is 16.6. The first-order valence-electron chi connectivity index (χ1n) is 8.01. The minimum Gasteiger partial charge on any atom is -0.508 e. The number of carbonyl (C=O) groups is 1. The second-order valence-electron chi connectivity index (χ2n) is 6.14. The van der Waals surface area contributed by atoms with Crippen LogP contribution in [0, 0.1) is 5.92 Å². The van der Waals surface area contributed by atoms with Crippen LogP contribution in [0.3, 0.4) is 0 Å². The summed E-state index contributed by atoms with van der Waals surface area (Å²) < 4.78 is 0. The number of urea groups is 1. The Labute approximate surface area is 131 Å². The van der Waals surface area contributed by atoms with Gasteiger partial charge in [-0.05, 0) is 43.4 Å². The summed E-state index contributed by atoms with van der Waals surface area (Å²) in [5, 5.41) is 21.9. The monoisotopic (exact) mass is 306 g/mol. The minimum absolute atomic E-state index is 0.0789. The summed E-state index contributed by atoms with van der Waals surface area (Å²) in [4.78, 5) is 13.7. The van der Waals surface area contributed by atoms with Gasteiger partial charge >= 0.3 is 6.03 Å². The molecule has 0 heterocycles. The number of hydrogen-bond acceptors (Lipinski definition) is 3. The number of amides is 2. The van der Waals surface area contributed by atoms with Gasteiger partial charge in [0.15, 0.2) is 0 Å². The average Bonchev–Trinajstić information content (AvgIpc) is 2.90. The van der Waals surface area contributed by atoms with E-state index in [4.69, 9.17) is 0 Å². The third-order valence-electron chi connectivity index (χ3n) is 4.33. The first-order chi connectivity index (χ1) is 10.6. The molecule has 0 aliphatic heterocycles. The molecule has 1 aromatic rings. The predicted molar refractivity (Wildman–Crippen MR) is 85.8 cm³/mol. The molecule has 2 rings (SSSR count). The lowest BCUT2D eigenvalue weighted by molar-refractivity contribution is 0.114. The van der Waals surface area contributed by atoms with Crippen molar-refractivity contribution < 1.29 is 15.0 Å². The van der Waals surface area contributed by atoms with Crippen LogP contribution in [-0.2, 0) is 6.42 Å². The van der Waals surface area contributed by atoms with E-state index in [1.54, 1.807) is 24.1 Å². The van der Waals surface area contributed by atoms with Gasteiger partial charge < -0.3 is 20.4 Å². The molecule has 122 valence electrons. The van der Waals surface area contributed by atoms with Crippen LogP contribution >= 0.6 is 0 Å². The smallest absolute Gasteiger partial charge is 0.317 e. The van der Waals surface area contributed by atoms with Gasteiger partial charge in [0.25, 0.3) is 0 Å². The lowest BCUT2D eigenvalue weighted by Crippen LogP contribution is -2.41. The Balaban J connectivity index is 1.63. The number of aryl methyl sites for hydroxylation is 1. The summed E-state index contributed by atoms with van der Waals surface area (Å²) in [5.41, 5.74) is 1.15. The van der Waals surface area contributed by atoms with Gasteiger partial charge in [0, 0.05) is 26.1 Å². The van der Waals surface area contributed by atoms with Crippen LogP contribution in [0.25, 0.3) is 0 Å². The van der Waals surface area contributed by atoms with Crippen molar-refractivity contribution in [2.24, 2.45) is 5.92 Å². The number of nitrogens with zero attached hydrogens (tertiary/aromatic N) is 1. The molecule has 1 saturated carbocycles. The van der Waals surface area contributed by atoms with Gasteiger partial charge in [-0.15, -0.1) is 0 Å². The maximum Gasteiger partial charge on any atom is 0.317 e. The summed E-state index contributed by atoms with van der Waals surface area (Å²) in [7, 11) is 1.78. The van der Waals surface area contributed by atoms with E-state index in [1.807, 2.05) is 12.1 Å². The van der Waals surface area contributed by atoms with Crippen LogP contribution in [0.2, 0.25) is 0 Å². The van der Waals surface area contributed by atoms with E-state index in [-0.39, 0.29) is 23.8 Å². The van der Waals surface area contributed by atoms with E-state index in [9.17, 15) is 15.0 Å². The fourth-order valence-electron chi connectivity index (χ4n) is 2.95. The second-order valence-corrected chi connectivity index (χ2v) is 6.14. The normalized spacial score (nSPS) is 20.8. The summed E-state index contributed by atoms with van der Waals surface area (Å²) in [6.07, 6.45) is 4.37. The van der Waals surface area contributed by atoms with E-state index in [2.05, 4.69) is 5.32 Å². The summed E-state index contributed by atoms with van der Waals surface area (Å²) >= 11 is 0. The fraction of sp³-hybridized carbons (Fsp3) is 0.588. The Bertz CT molecular complexity index is 475. The molecule has 0 saturated heterocycles. The summed E-state index contributed by atoms with van der Waals surface area (Å²) in [6, 6.07) is 7.06. The summed E-state index contributed by atoms with van der Waals surface area (Å²) in [5.74, 6) is 0.487. The van der Waals surface area contributed by atoms with Crippen molar-refractivity contribution in [3.05, 3.63) is 29.8 Å². The number of aliphatic hydroxyl groups is 1. The molecule has 0 aromatic heterocycles. The number of aliphatic hydroxyl groups excluding tert-OH is 1. The maximum absolute atomic E-state index is 12.0. The van der Waals surface area contributed by atoms with Gasteiger partial charge in [0.05, 0.1) is 6.10 Å². The Kier molecular flexibility index (Phi) is 6.07. The van der Waals surface area contributed by atoms with Crippen LogP contribution in [0.15, 0.2) is 24.3 Å². The van der Waals surface area contributed by atoms with Crippen LogP contribution in [0.4, 0.5) is 4.79 Å². The molecule has 5 nitrogen and oxygen atoms in total. The fourth-order valence-corrected chi connectivity index (χ4v) is 2.95. The van der Waals surface area contributed by atoms with Gasteiger partial charge in [-0.25, -0.2) is 4.79 Å². The molecule has 2 atom stereocenters. The van der Waals surface area contributed by atoms with Crippen LogP contribution in [0.1, 0.15) is 31.2 Å². The van der Waals surface area contributed by atoms with Gasteiger partial charge in [-0.2, -0.15) is 0 Å². The topological polar surface area (TPSA) is 72.8 Å². The maximum atomic E-state index is 12.0. The zero-order chi connectivity index (χ0) is 15.9. The van der Waals surface area contributed by atoms with Gasteiger partial charge in [-0.3, -0.25) is 0 Å². The standard InChI is InChI=1S/C17H26N2O3/c1-19(12-14-5-2-6-16(14)21)17(22)18-11-3-4-13-7-9-15(20)10-8-13/h7-10,14,16,20-21H,2-6,11-12H2,1H3,(H,18,22). The number of carbonyl (C=O) groups excluding carboxylic acids is 1. The SMILES string of the molecule is CN(CC1CCCC1O)C(=O)NCCCc1ccc(O)cc1. The largest absolute Gasteiger partial charge is 0.508 e. The van der Waals surface area contributed by atoms with E-state index in [1.165, 1.54) is 0 Å². The van der Waals surface area contributed by atoms with Gasteiger partial charge in [0.2, 0.25) is 0 Å². The molecule has 5 heteroatoms. The highest BCUT2D eigenvalue weighted by Crippen LogP contribution is 2.25. The van der Waals surface area contributed by atoms with Crippen molar-refractivity contribution >= 4 is 6.03 Å². The zero-order valence-corrected chi connectivity index (χ0v) is 13.2. The Morgan fingerprint density at radius 3 is 2.68 bits per heavy atom. The Morgan fingerprint density at radius 1 is 1.32 bits per heavy atom. The van der Waals surface area contributed by atoms with Crippen LogP contribution in [-0.4, -0.2) is 47.4 Å². The number of phenolic OH excluding ortho intramolecular Hbond substituents is 1. The van der Waals surface area contributed by atoms with Crippen molar-refractivity contribution in [1.29, 1.82) is 0 Å². The highest BCUT2D eigenvalue weighted by atomic mass is 16.3. The molecular formula is C17H26N2O3. The number of nitrogens with one attached hydrogen (secondary N) is 1. The molecule has 1 aromatic carbocycles. The zero-order valence-electron chi connectivity index (χ0n) is 13.2. The molecule has 0 spiro atoms. The molecule has 0 radical (unpaired) electrons. The average molecular weight is 306 g/mol. The molecule has 1 aliphatic rings. The number of aromatic hydroxyl groups is 1. The third kappa shape index (κ3) is 4.91. The first-order valence-corrected chi connectivity index (χ1v) is 8.01. The van der Waals surface area contributed by atoms with E-state index in [0.29, 0.717) is 13.1 Å². The summed E-state index contributed by atoms with van der Waals surface area (Å²) in [6.45, 7) is 1.24. The molecule has 0 bridgehead atoms. The van der Waals surface area contributed by atoms with Gasteiger partial charge in [0.1, 0.15) is 5.75 Å². The highest BCUT2D eigenvalue weighted by molar-refractivity contribution is 5.73. The Hall–Kier alpha value is -1.75. The quantitative estimate of drug-likeness (QED) is 0.705. The van der Waals surface area contributed by atoms with E-state index >= 15 is 0 Å². The minimum atomic E-state index is -0.259. The van der Waals surface area contributed by atoms with Crippen LogP contribution in [0.5, 0.6) is 5.75 Å².